The monoisotopic (exact) mass is 457 g/mol. The van der Waals surface area contributed by atoms with Gasteiger partial charge in [-0.1, -0.05) is 24.3 Å². The number of methoxy groups -OCH3 is 1. The second-order valence-electron chi connectivity index (χ2n) is 8.21. The maximum absolute atomic E-state index is 13.3. The van der Waals surface area contributed by atoms with Gasteiger partial charge in [0.1, 0.15) is 23.0 Å². The standard InChI is InChI=1S/C27H23NO6/c1-33-22-7-3-2-6-20(22)28-24(16-8-11-19(29)12-9-16)23(26(31)27(28)32)25(30)18-10-13-21-17(15-18)5-4-14-34-21/h2-3,6-13,15,24,29-30H,4-5,14H2,1H3/b25-23-. The molecule has 0 spiro atoms. The maximum Gasteiger partial charge on any atom is 0.300 e. The van der Waals surface area contributed by atoms with Gasteiger partial charge in [0.2, 0.25) is 0 Å². The van der Waals surface area contributed by atoms with Crippen LogP contribution in [-0.4, -0.2) is 35.6 Å². The number of para-hydroxylation sites is 2. The number of carbonyl (C=O) groups excluding carboxylic acids is 2. The lowest BCUT2D eigenvalue weighted by atomic mass is 9.93. The Morgan fingerprint density at radius 3 is 2.59 bits per heavy atom. The molecule has 1 fully saturated rings. The average Bonchev–Trinajstić information content (AvgIpc) is 3.13. The van der Waals surface area contributed by atoms with Gasteiger partial charge in [0.05, 0.1) is 31.0 Å². The predicted octanol–water partition coefficient (Wildman–Crippen LogP) is 4.35. The molecule has 0 aromatic heterocycles. The van der Waals surface area contributed by atoms with Crippen molar-refractivity contribution in [1.82, 2.24) is 0 Å². The Kier molecular flexibility index (Phi) is 5.45. The van der Waals surface area contributed by atoms with E-state index < -0.39 is 17.7 Å². The fraction of sp³-hybridized carbons (Fsp3) is 0.185. The number of aliphatic hydroxyl groups is 1. The summed E-state index contributed by atoms with van der Waals surface area (Å²) >= 11 is 0. The number of nitrogens with zero attached hydrogens (tertiary/aromatic N) is 1. The molecule has 3 aromatic rings. The largest absolute Gasteiger partial charge is 0.508 e. The van der Waals surface area contributed by atoms with Crippen molar-refractivity contribution in [3.05, 3.63) is 89.0 Å². The van der Waals surface area contributed by atoms with Crippen molar-refractivity contribution >= 4 is 23.1 Å². The van der Waals surface area contributed by atoms with Crippen LogP contribution in [0.1, 0.15) is 29.2 Å². The molecule has 2 N–H and O–H groups in total. The molecule has 1 saturated heterocycles. The molecule has 34 heavy (non-hydrogen) atoms. The number of aryl methyl sites for hydroxylation is 1. The van der Waals surface area contributed by atoms with E-state index in [0.717, 1.165) is 24.2 Å². The molecule has 7 nitrogen and oxygen atoms in total. The van der Waals surface area contributed by atoms with Crippen LogP contribution in [0.3, 0.4) is 0 Å². The number of carbonyl (C=O) groups is 2. The average molecular weight is 457 g/mol. The van der Waals surface area contributed by atoms with Gasteiger partial charge < -0.3 is 19.7 Å². The molecule has 5 rings (SSSR count). The summed E-state index contributed by atoms with van der Waals surface area (Å²) in [5.41, 5.74) is 2.31. The topological polar surface area (TPSA) is 96.3 Å². The molecule has 1 amide bonds. The molecule has 2 heterocycles. The van der Waals surface area contributed by atoms with Crippen molar-refractivity contribution in [2.24, 2.45) is 0 Å². The van der Waals surface area contributed by atoms with Crippen LogP contribution in [-0.2, 0) is 16.0 Å². The van der Waals surface area contributed by atoms with Crippen molar-refractivity contribution < 1.29 is 29.3 Å². The Morgan fingerprint density at radius 1 is 1.06 bits per heavy atom. The molecule has 3 aromatic carbocycles. The third kappa shape index (κ3) is 3.55. The number of rotatable bonds is 4. The van der Waals surface area contributed by atoms with E-state index in [4.69, 9.17) is 9.47 Å². The summed E-state index contributed by atoms with van der Waals surface area (Å²) in [6, 6.07) is 17.5. The second-order valence-corrected chi connectivity index (χ2v) is 8.21. The molecule has 1 unspecified atom stereocenters. The summed E-state index contributed by atoms with van der Waals surface area (Å²) in [7, 11) is 1.49. The van der Waals surface area contributed by atoms with E-state index in [2.05, 4.69) is 0 Å². The summed E-state index contributed by atoms with van der Waals surface area (Å²) in [5.74, 6) is -0.609. The van der Waals surface area contributed by atoms with Gasteiger partial charge in [-0.3, -0.25) is 14.5 Å². The van der Waals surface area contributed by atoms with E-state index in [-0.39, 0.29) is 17.1 Å². The number of fused-ring (bicyclic) bond motifs is 1. The molecule has 0 bridgehead atoms. The SMILES string of the molecule is COc1ccccc1N1C(=O)C(=O)/C(=C(\O)c2ccc3c(c2)CCCO3)C1c1ccc(O)cc1. The van der Waals surface area contributed by atoms with Crippen LogP contribution in [0.2, 0.25) is 0 Å². The lowest BCUT2D eigenvalue weighted by Crippen LogP contribution is -2.29. The molecular weight excluding hydrogens is 434 g/mol. The van der Waals surface area contributed by atoms with Crippen LogP contribution in [0.25, 0.3) is 5.76 Å². The summed E-state index contributed by atoms with van der Waals surface area (Å²) in [4.78, 5) is 28.0. The Morgan fingerprint density at radius 2 is 1.82 bits per heavy atom. The van der Waals surface area contributed by atoms with Crippen molar-refractivity contribution in [2.75, 3.05) is 18.6 Å². The zero-order valence-electron chi connectivity index (χ0n) is 18.5. The van der Waals surface area contributed by atoms with Gasteiger partial charge in [0.15, 0.2) is 0 Å². The van der Waals surface area contributed by atoms with Gasteiger partial charge in [-0.25, -0.2) is 0 Å². The first kappa shape index (κ1) is 21.6. The fourth-order valence-electron chi connectivity index (χ4n) is 4.54. The lowest BCUT2D eigenvalue weighted by Gasteiger charge is -2.27. The molecule has 0 saturated carbocycles. The number of aliphatic hydroxyl groups excluding tert-OH is 1. The summed E-state index contributed by atoms with van der Waals surface area (Å²) in [6.07, 6.45) is 1.66. The normalized spacial score (nSPS) is 19.0. The number of phenols is 1. The quantitative estimate of drug-likeness (QED) is 0.344. The highest BCUT2D eigenvalue weighted by Crippen LogP contribution is 2.45. The minimum Gasteiger partial charge on any atom is -0.508 e. The number of benzene rings is 3. The number of phenolic OH excluding ortho intramolecular Hbond substituents is 1. The minimum absolute atomic E-state index is 0.0294. The summed E-state index contributed by atoms with van der Waals surface area (Å²) in [6.45, 7) is 0.642. The van der Waals surface area contributed by atoms with Crippen LogP contribution < -0.4 is 14.4 Å². The van der Waals surface area contributed by atoms with Crippen molar-refractivity contribution in [3.63, 3.8) is 0 Å². The fourth-order valence-corrected chi connectivity index (χ4v) is 4.54. The number of ether oxygens (including phenoxy) is 2. The molecule has 7 heteroatoms. The van der Waals surface area contributed by atoms with Gasteiger partial charge in [-0.05, 0) is 66.4 Å². The number of ketones is 1. The summed E-state index contributed by atoms with van der Waals surface area (Å²) < 4.78 is 11.1. The second kappa shape index (κ2) is 8.59. The number of amides is 1. The molecular formula is C27H23NO6. The number of hydrogen-bond acceptors (Lipinski definition) is 6. The van der Waals surface area contributed by atoms with Crippen LogP contribution in [0.5, 0.6) is 17.2 Å². The molecule has 0 radical (unpaired) electrons. The van der Waals surface area contributed by atoms with Crippen molar-refractivity contribution in [2.45, 2.75) is 18.9 Å². The van der Waals surface area contributed by atoms with E-state index in [1.54, 1.807) is 54.6 Å². The highest BCUT2D eigenvalue weighted by atomic mass is 16.5. The minimum atomic E-state index is -0.913. The Bertz CT molecular complexity index is 1310. The zero-order valence-corrected chi connectivity index (χ0v) is 18.5. The molecule has 1 atom stereocenters. The first-order valence-corrected chi connectivity index (χ1v) is 11.0. The van der Waals surface area contributed by atoms with Crippen LogP contribution in [0.4, 0.5) is 5.69 Å². The Labute approximate surface area is 196 Å². The highest BCUT2D eigenvalue weighted by Gasteiger charge is 2.47. The first-order valence-electron chi connectivity index (χ1n) is 11.0. The number of Topliss-reactive ketones (excluding diaryl/α,β-unsaturated/α-hetero) is 1. The number of aromatic hydroxyl groups is 1. The van der Waals surface area contributed by atoms with E-state index in [1.807, 2.05) is 0 Å². The van der Waals surface area contributed by atoms with Crippen LogP contribution in [0, 0.1) is 0 Å². The number of anilines is 1. The molecule has 172 valence electrons. The van der Waals surface area contributed by atoms with Gasteiger partial charge in [0, 0.05) is 5.56 Å². The smallest absolute Gasteiger partial charge is 0.300 e. The van der Waals surface area contributed by atoms with E-state index in [1.165, 1.54) is 24.1 Å². The predicted molar refractivity (Wildman–Crippen MR) is 126 cm³/mol. The van der Waals surface area contributed by atoms with Gasteiger partial charge >= 0.3 is 0 Å². The molecule has 2 aliphatic heterocycles. The van der Waals surface area contributed by atoms with Gasteiger partial charge in [-0.2, -0.15) is 0 Å². The van der Waals surface area contributed by atoms with Crippen molar-refractivity contribution in [3.8, 4) is 17.2 Å². The summed E-state index contributed by atoms with van der Waals surface area (Å²) in [5, 5.41) is 21.1. The Hall–Kier alpha value is -4.26. The Balaban J connectivity index is 1.71. The van der Waals surface area contributed by atoms with Crippen molar-refractivity contribution in [1.29, 1.82) is 0 Å². The van der Waals surface area contributed by atoms with E-state index >= 15 is 0 Å². The van der Waals surface area contributed by atoms with Crippen LogP contribution in [0.15, 0.2) is 72.3 Å². The third-order valence-corrected chi connectivity index (χ3v) is 6.18. The lowest BCUT2D eigenvalue weighted by molar-refractivity contribution is -0.132. The molecule has 2 aliphatic rings. The van der Waals surface area contributed by atoms with E-state index in [9.17, 15) is 19.8 Å². The van der Waals surface area contributed by atoms with Gasteiger partial charge in [-0.15, -0.1) is 0 Å². The number of hydrogen-bond donors (Lipinski definition) is 2. The third-order valence-electron chi connectivity index (χ3n) is 6.18. The maximum atomic E-state index is 13.3. The highest BCUT2D eigenvalue weighted by molar-refractivity contribution is 6.51. The van der Waals surface area contributed by atoms with Crippen LogP contribution >= 0.6 is 0 Å². The molecule has 0 aliphatic carbocycles. The van der Waals surface area contributed by atoms with E-state index in [0.29, 0.717) is 29.2 Å². The zero-order chi connectivity index (χ0) is 23.8. The van der Waals surface area contributed by atoms with Gasteiger partial charge in [0.25, 0.3) is 11.7 Å². The first-order chi connectivity index (χ1) is 16.5.